The van der Waals surface area contributed by atoms with E-state index in [2.05, 4.69) is 5.32 Å². The third-order valence-corrected chi connectivity index (χ3v) is 4.61. The first-order valence-electron chi connectivity index (χ1n) is 6.50. The van der Waals surface area contributed by atoms with Gasteiger partial charge < -0.3 is 10.4 Å². The summed E-state index contributed by atoms with van der Waals surface area (Å²) in [5.41, 5.74) is 0.981. The molecule has 4 nitrogen and oxygen atoms in total. The van der Waals surface area contributed by atoms with Crippen molar-refractivity contribution in [3.63, 3.8) is 0 Å². The summed E-state index contributed by atoms with van der Waals surface area (Å²) in [6.07, 6.45) is 0.436. The number of thiophene rings is 1. The number of carbonyl (C=O) groups is 2. The second-order valence-corrected chi connectivity index (χ2v) is 5.89. The number of amides is 1. The number of aliphatic carboxylic acids is 1. The van der Waals surface area contributed by atoms with Crippen molar-refractivity contribution in [2.45, 2.75) is 20.3 Å². The Kier molecular flexibility index (Phi) is 4.39. The Morgan fingerprint density at radius 3 is 2.70 bits per heavy atom. The zero-order valence-electron chi connectivity index (χ0n) is 11.5. The molecule has 0 spiro atoms. The molecule has 1 aromatic heterocycles. The van der Waals surface area contributed by atoms with E-state index in [1.165, 1.54) is 11.3 Å². The van der Waals surface area contributed by atoms with E-state index in [0.717, 1.165) is 15.6 Å². The molecule has 0 bridgehead atoms. The summed E-state index contributed by atoms with van der Waals surface area (Å²) >= 11 is 1.47. The van der Waals surface area contributed by atoms with Crippen LogP contribution in [-0.2, 0) is 4.79 Å². The van der Waals surface area contributed by atoms with Gasteiger partial charge in [-0.1, -0.05) is 25.1 Å². The minimum absolute atomic E-state index is 0.124. The molecule has 0 fully saturated rings. The number of nitrogens with one attached hydrogen (secondary N) is 1. The lowest BCUT2D eigenvalue weighted by Gasteiger charge is -2.07. The van der Waals surface area contributed by atoms with E-state index in [9.17, 15) is 9.59 Å². The summed E-state index contributed by atoms with van der Waals surface area (Å²) in [6, 6.07) is 7.91. The van der Waals surface area contributed by atoms with Gasteiger partial charge in [-0.05, 0) is 30.4 Å². The Morgan fingerprint density at radius 2 is 2.05 bits per heavy atom. The predicted octanol–water partition coefficient (Wildman–Crippen LogP) is 3.05. The average Bonchev–Trinajstić information content (AvgIpc) is 2.76. The lowest BCUT2D eigenvalue weighted by molar-refractivity contribution is -0.141. The normalized spacial score (nSPS) is 12.3. The van der Waals surface area contributed by atoms with E-state index in [1.54, 1.807) is 6.92 Å². The fraction of sp³-hybridized carbons (Fsp3) is 0.333. The number of fused-ring (bicyclic) bond motifs is 1. The largest absolute Gasteiger partial charge is 0.481 e. The molecule has 2 aromatic rings. The summed E-state index contributed by atoms with van der Waals surface area (Å²) in [5, 5.41) is 12.7. The van der Waals surface area contributed by atoms with Crippen LogP contribution in [0.25, 0.3) is 10.1 Å². The maximum atomic E-state index is 12.1. The van der Waals surface area contributed by atoms with Crippen molar-refractivity contribution in [3.05, 3.63) is 34.7 Å². The fourth-order valence-corrected chi connectivity index (χ4v) is 3.12. The summed E-state index contributed by atoms with van der Waals surface area (Å²) < 4.78 is 1.09. The van der Waals surface area contributed by atoms with Gasteiger partial charge in [-0.15, -0.1) is 11.3 Å². The summed E-state index contributed by atoms with van der Waals surface area (Å²) in [5.74, 6) is -1.41. The van der Waals surface area contributed by atoms with Gasteiger partial charge in [0.05, 0.1) is 10.8 Å². The predicted molar refractivity (Wildman–Crippen MR) is 80.3 cm³/mol. The third kappa shape index (κ3) is 2.99. The molecule has 5 heteroatoms. The molecule has 1 heterocycles. The Hall–Kier alpha value is -1.88. The van der Waals surface area contributed by atoms with Gasteiger partial charge in [0.1, 0.15) is 0 Å². The number of aryl methyl sites for hydroxylation is 1. The van der Waals surface area contributed by atoms with Crippen molar-refractivity contribution < 1.29 is 14.7 Å². The molecule has 20 heavy (non-hydrogen) atoms. The smallest absolute Gasteiger partial charge is 0.306 e. The summed E-state index contributed by atoms with van der Waals surface area (Å²) in [7, 11) is 0. The molecule has 2 rings (SSSR count). The lowest BCUT2D eigenvalue weighted by Crippen LogP contribution is -2.26. The molecule has 0 aliphatic carbocycles. The molecule has 0 saturated carbocycles. The minimum Gasteiger partial charge on any atom is -0.481 e. The first kappa shape index (κ1) is 14.5. The van der Waals surface area contributed by atoms with Crippen LogP contribution in [0.1, 0.15) is 28.6 Å². The average molecular weight is 291 g/mol. The zero-order chi connectivity index (χ0) is 14.7. The summed E-state index contributed by atoms with van der Waals surface area (Å²) in [6.45, 7) is 3.95. The number of hydrogen-bond acceptors (Lipinski definition) is 3. The SMILES string of the molecule is Cc1c(C(=O)NCCC(C)C(=O)O)sc2ccccc12. The molecular formula is C15H17NO3S. The van der Waals surface area contributed by atoms with Gasteiger partial charge in [-0.25, -0.2) is 0 Å². The van der Waals surface area contributed by atoms with Crippen molar-refractivity contribution in [1.29, 1.82) is 0 Å². The van der Waals surface area contributed by atoms with Gasteiger partial charge >= 0.3 is 5.97 Å². The third-order valence-electron chi connectivity index (χ3n) is 3.33. The van der Waals surface area contributed by atoms with Crippen molar-refractivity contribution in [1.82, 2.24) is 5.32 Å². The number of carboxylic acid groups (broad SMARTS) is 1. The van der Waals surface area contributed by atoms with Crippen LogP contribution in [0.5, 0.6) is 0 Å². The van der Waals surface area contributed by atoms with E-state index in [0.29, 0.717) is 17.8 Å². The van der Waals surface area contributed by atoms with Crippen LogP contribution in [0.2, 0.25) is 0 Å². The van der Waals surface area contributed by atoms with E-state index in [4.69, 9.17) is 5.11 Å². The molecule has 106 valence electrons. The minimum atomic E-state index is -0.836. The number of rotatable bonds is 5. The Morgan fingerprint density at radius 1 is 1.35 bits per heavy atom. The van der Waals surface area contributed by atoms with Crippen LogP contribution in [0.3, 0.4) is 0 Å². The fourth-order valence-electron chi connectivity index (χ4n) is 2.00. The van der Waals surface area contributed by atoms with E-state index >= 15 is 0 Å². The zero-order valence-corrected chi connectivity index (χ0v) is 12.3. The quantitative estimate of drug-likeness (QED) is 0.889. The molecule has 1 amide bonds. The van der Waals surface area contributed by atoms with Crippen LogP contribution in [0.4, 0.5) is 0 Å². The highest BCUT2D eigenvalue weighted by atomic mass is 32.1. The van der Waals surface area contributed by atoms with Crippen LogP contribution in [-0.4, -0.2) is 23.5 Å². The highest BCUT2D eigenvalue weighted by Crippen LogP contribution is 2.30. The van der Waals surface area contributed by atoms with Crippen molar-refractivity contribution in [3.8, 4) is 0 Å². The monoisotopic (exact) mass is 291 g/mol. The molecule has 1 unspecified atom stereocenters. The molecule has 0 aliphatic heterocycles. The second-order valence-electron chi connectivity index (χ2n) is 4.84. The van der Waals surface area contributed by atoms with Gasteiger partial charge in [0.25, 0.3) is 5.91 Å². The number of benzene rings is 1. The maximum Gasteiger partial charge on any atom is 0.306 e. The van der Waals surface area contributed by atoms with Crippen molar-refractivity contribution in [2.75, 3.05) is 6.54 Å². The van der Waals surface area contributed by atoms with Gasteiger partial charge in [0.15, 0.2) is 0 Å². The number of carbonyl (C=O) groups excluding carboxylic acids is 1. The van der Waals surface area contributed by atoms with Crippen molar-refractivity contribution in [2.24, 2.45) is 5.92 Å². The Balaban J connectivity index is 2.04. The van der Waals surface area contributed by atoms with E-state index in [-0.39, 0.29) is 5.91 Å². The lowest BCUT2D eigenvalue weighted by atomic mass is 10.1. The van der Waals surface area contributed by atoms with Gasteiger partial charge in [0, 0.05) is 11.2 Å². The molecule has 0 saturated heterocycles. The van der Waals surface area contributed by atoms with E-state index < -0.39 is 11.9 Å². The first-order chi connectivity index (χ1) is 9.50. The van der Waals surface area contributed by atoms with Crippen molar-refractivity contribution >= 4 is 33.3 Å². The number of carboxylic acids is 1. The second kappa shape index (κ2) is 6.05. The van der Waals surface area contributed by atoms with Crippen LogP contribution in [0, 0.1) is 12.8 Å². The summed E-state index contributed by atoms with van der Waals surface area (Å²) in [4.78, 5) is 23.5. The first-order valence-corrected chi connectivity index (χ1v) is 7.31. The molecule has 1 aromatic carbocycles. The topological polar surface area (TPSA) is 66.4 Å². The molecule has 0 radical (unpaired) electrons. The molecule has 1 atom stereocenters. The molecule has 0 aliphatic rings. The molecule has 2 N–H and O–H groups in total. The standard InChI is InChI=1S/C15H17NO3S/c1-9(15(18)19)7-8-16-14(17)13-10(2)11-5-3-4-6-12(11)20-13/h3-6,9H,7-8H2,1-2H3,(H,16,17)(H,18,19). The highest BCUT2D eigenvalue weighted by Gasteiger charge is 2.16. The Bertz CT molecular complexity index is 648. The number of hydrogen-bond donors (Lipinski definition) is 2. The van der Waals surface area contributed by atoms with Gasteiger partial charge in [-0.3, -0.25) is 9.59 Å². The Labute approximate surface area is 121 Å². The molecular weight excluding hydrogens is 274 g/mol. The van der Waals surface area contributed by atoms with Gasteiger partial charge in [0.2, 0.25) is 0 Å². The van der Waals surface area contributed by atoms with E-state index in [1.807, 2.05) is 31.2 Å². The maximum absolute atomic E-state index is 12.1. The van der Waals surface area contributed by atoms with Crippen LogP contribution < -0.4 is 5.32 Å². The van der Waals surface area contributed by atoms with Crippen LogP contribution in [0.15, 0.2) is 24.3 Å². The van der Waals surface area contributed by atoms with Gasteiger partial charge in [-0.2, -0.15) is 0 Å². The van der Waals surface area contributed by atoms with Crippen LogP contribution >= 0.6 is 11.3 Å². The highest BCUT2D eigenvalue weighted by molar-refractivity contribution is 7.21.